The lowest BCUT2D eigenvalue weighted by molar-refractivity contribution is -0.129. The number of amides is 3. The molecule has 8 nitrogen and oxygen atoms in total. The summed E-state index contributed by atoms with van der Waals surface area (Å²) in [4.78, 5) is 47.0. The third kappa shape index (κ3) is 4.55. The number of ether oxygens (including phenoxy) is 1. The highest BCUT2D eigenvalue weighted by Gasteiger charge is 2.36. The van der Waals surface area contributed by atoms with Gasteiger partial charge >= 0.3 is 0 Å². The van der Waals surface area contributed by atoms with Crippen molar-refractivity contribution in [3.8, 4) is 5.75 Å². The molecule has 2 fully saturated rings. The van der Waals surface area contributed by atoms with Gasteiger partial charge in [0.2, 0.25) is 5.91 Å². The van der Waals surface area contributed by atoms with E-state index in [0.717, 1.165) is 10.6 Å². The van der Waals surface area contributed by atoms with Crippen molar-refractivity contribution >= 4 is 35.2 Å². The van der Waals surface area contributed by atoms with Crippen molar-refractivity contribution in [3.05, 3.63) is 47.7 Å². The Kier molecular flexibility index (Phi) is 5.74. The van der Waals surface area contributed by atoms with Gasteiger partial charge in [-0.25, -0.2) is 4.98 Å². The van der Waals surface area contributed by atoms with Crippen molar-refractivity contribution in [2.45, 2.75) is 42.2 Å². The van der Waals surface area contributed by atoms with Crippen molar-refractivity contribution in [1.82, 2.24) is 14.8 Å². The van der Waals surface area contributed by atoms with Crippen LogP contribution in [-0.2, 0) is 16.1 Å². The molecule has 3 heterocycles. The molecule has 2 aromatic rings. The molecule has 1 aliphatic carbocycles. The molecule has 3 amide bonds. The summed E-state index contributed by atoms with van der Waals surface area (Å²) in [5.74, 6) is 0.147. The van der Waals surface area contributed by atoms with E-state index in [0.29, 0.717) is 41.8 Å². The Morgan fingerprint density at radius 1 is 1.18 bits per heavy atom. The minimum Gasteiger partial charge on any atom is -0.479 e. The summed E-state index contributed by atoms with van der Waals surface area (Å²) in [6.07, 6.45) is 4.16. The van der Waals surface area contributed by atoms with Crippen LogP contribution in [0.4, 0.5) is 5.69 Å². The molecular formula is C24H26N4O4S. The van der Waals surface area contributed by atoms with Crippen LogP contribution in [0.2, 0.25) is 0 Å². The zero-order valence-corrected chi connectivity index (χ0v) is 19.5. The number of benzene rings is 1. The molecule has 33 heavy (non-hydrogen) atoms. The van der Waals surface area contributed by atoms with Crippen molar-refractivity contribution in [3.63, 3.8) is 0 Å². The van der Waals surface area contributed by atoms with Gasteiger partial charge in [0, 0.05) is 50.1 Å². The van der Waals surface area contributed by atoms with Gasteiger partial charge in [-0.15, -0.1) is 11.8 Å². The highest BCUT2D eigenvalue weighted by molar-refractivity contribution is 8.00. The van der Waals surface area contributed by atoms with E-state index in [1.807, 2.05) is 24.3 Å². The first-order valence-corrected chi connectivity index (χ1v) is 12.0. The molecule has 1 saturated carbocycles. The number of hydrogen-bond donors (Lipinski definition) is 0. The Bertz CT molecular complexity index is 1100. The van der Waals surface area contributed by atoms with Crippen molar-refractivity contribution < 1.29 is 19.1 Å². The number of rotatable bonds is 7. The second kappa shape index (κ2) is 8.70. The van der Waals surface area contributed by atoms with Crippen LogP contribution in [0, 0.1) is 0 Å². The highest BCUT2D eigenvalue weighted by Crippen LogP contribution is 2.38. The predicted molar refractivity (Wildman–Crippen MR) is 124 cm³/mol. The van der Waals surface area contributed by atoms with Crippen LogP contribution in [0.1, 0.15) is 35.2 Å². The first-order valence-electron chi connectivity index (χ1n) is 11.1. The van der Waals surface area contributed by atoms with Crippen LogP contribution < -0.4 is 9.64 Å². The number of fused-ring (bicyclic) bond motifs is 1. The van der Waals surface area contributed by atoms with Crippen LogP contribution in [0.3, 0.4) is 0 Å². The first-order chi connectivity index (χ1) is 15.9. The van der Waals surface area contributed by atoms with Gasteiger partial charge in [0.15, 0.2) is 6.10 Å². The lowest BCUT2D eigenvalue weighted by Crippen LogP contribution is -2.36. The fourth-order valence-corrected chi connectivity index (χ4v) is 4.97. The quantitative estimate of drug-likeness (QED) is 0.624. The van der Waals surface area contributed by atoms with Crippen molar-refractivity contribution in [1.29, 1.82) is 0 Å². The van der Waals surface area contributed by atoms with Crippen LogP contribution in [-0.4, -0.2) is 71.0 Å². The van der Waals surface area contributed by atoms with Crippen LogP contribution in [0.15, 0.2) is 41.6 Å². The molecular weight excluding hydrogens is 440 g/mol. The highest BCUT2D eigenvalue weighted by atomic mass is 32.2. The first kappa shape index (κ1) is 21.8. The molecule has 172 valence electrons. The van der Waals surface area contributed by atoms with E-state index in [1.54, 1.807) is 43.0 Å². The van der Waals surface area contributed by atoms with E-state index in [2.05, 4.69) is 4.98 Å². The number of likely N-dealkylation sites (N-methyl/N-ethyl adjacent to an activating group) is 1. The molecule has 9 heteroatoms. The van der Waals surface area contributed by atoms with Gasteiger partial charge in [0.05, 0.1) is 11.2 Å². The van der Waals surface area contributed by atoms with E-state index in [-0.39, 0.29) is 24.3 Å². The lowest BCUT2D eigenvalue weighted by atomic mass is 10.1. The van der Waals surface area contributed by atoms with Gasteiger partial charge < -0.3 is 19.4 Å². The third-order valence-corrected chi connectivity index (χ3v) is 7.35. The number of nitrogens with zero attached hydrogens (tertiary/aromatic N) is 4. The van der Waals surface area contributed by atoms with E-state index in [1.165, 1.54) is 22.6 Å². The van der Waals surface area contributed by atoms with Gasteiger partial charge in [-0.1, -0.05) is 6.07 Å². The van der Waals surface area contributed by atoms with Gasteiger partial charge in [0.1, 0.15) is 12.3 Å². The molecule has 1 saturated heterocycles. The average Bonchev–Trinajstić information content (AvgIpc) is 3.48. The van der Waals surface area contributed by atoms with Crippen LogP contribution >= 0.6 is 11.8 Å². The Hall–Kier alpha value is -3.07. The van der Waals surface area contributed by atoms with E-state index in [4.69, 9.17) is 4.74 Å². The molecule has 1 aromatic carbocycles. The number of thioether (sulfide) groups is 1. The topological polar surface area (TPSA) is 83.1 Å². The van der Waals surface area contributed by atoms with Crippen LogP contribution in [0.25, 0.3) is 0 Å². The molecule has 1 unspecified atom stereocenters. The number of anilines is 1. The maximum Gasteiger partial charge on any atom is 0.268 e. The summed E-state index contributed by atoms with van der Waals surface area (Å²) >= 11 is 1.78. The molecule has 1 atom stereocenters. The summed E-state index contributed by atoms with van der Waals surface area (Å²) in [6, 6.07) is 9.28. The molecule has 0 radical (unpaired) electrons. The van der Waals surface area contributed by atoms with E-state index >= 15 is 0 Å². The van der Waals surface area contributed by atoms with Gasteiger partial charge in [0.25, 0.3) is 11.8 Å². The van der Waals surface area contributed by atoms with Crippen molar-refractivity contribution in [2.75, 3.05) is 32.1 Å². The fraction of sp³-hybridized carbons (Fsp3) is 0.417. The molecule has 3 aliphatic rings. The number of pyridine rings is 1. The summed E-state index contributed by atoms with van der Waals surface area (Å²) < 4.78 is 5.93. The number of aromatic nitrogens is 1. The Morgan fingerprint density at radius 3 is 2.70 bits per heavy atom. The number of carbonyl (C=O) groups excluding carboxylic acids is 3. The minimum atomic E-state index is -0.577. The third-order valence-electron chi connectivity index (χ3n) is 6.06. The molecule has 2 aliphatic heterocycles. The SMILES string of the molecule is CN(C)C(=O)CN1Cc2ccc(N3CCC(Oc4ccc(SC5CC5)nc4)C3=O)cc2C1=O. The van der Waals surface area contributed by atoms with Gasteiger partial charge in [-0.2, -0.15) is 0 Å². The maximum absolute atomic E-state index is 13.0. The average molecular weight is 467 g/mol. The summed E-state index contributed by atoms with van der Waals surface area (Å²) in [5.41, 5.74) is 2.09. The second-order valence-corrected chi connectivity index (χ2v) is 10.1. The number of carbonyl (C=O) groups is 3. The monoisotopic (exact) mass is 466 g/mol. The summed E-state index contributed by atoms with van der Waals surface area (Å²) in [6.45, 7) is 0.957. The largest absolute Gasteiger partial charge is 0.479 e. The van der Waals surface area contributed by atoms with E-state index < -0.39 is 6.10 Å². The smallest absolute Gasteiger partial charge is 0.268 e. The Balaban J connectivity index is 1.24. The standard InChI is InChI=1S/C24H26N4O4S/c1-26(2)22(29)14-27-13-15-3-4-16(11-19(15)23(27)30)28-10-9-20(24(28)31)32-17-5-8-21(25-12-17)33-18-6-7-18/h3-5,8,11-12,18,20H,6-7,9-10,13-14H2,1-2H3. The minimum absolute atomic E-state index is 0.0421. The number of hydrogen-bond acceptors (Lipinski definition) is 6. The van der Waals surface area contributed by atoms with Crippen LogP contribution in [0.5, 0.6) is 5.75 Å². The maximum atomic E-state index is 13.0. The Labute approximate surface area is 196 Å². The molecule has 1 aromatic heterocycles. The fourth-order valence-electron chi connectivity index (χ4n) is 4.00. The van der Waals surface area contributed by atoms with Gasteiger partial charge in [-0.05, 0) is 42.7 Å². The zero-order chi connectivity index (χ0) is 23.1. The second-order valence-electron chi connectivity index (χ2n) is 8.83. The zero-order valence-electron chi connectivity index (χ0n) is 18.7. The normalized spacial score (nSPS) is 19.8. The van der Waals surface area contributed by atoms with Gasteiger partial charge in [-0.3, -0.25) is 14.4 Å². The summed E-state index contributed by atoms with van der Waals surface area (Å²) in [7, 11) is 3.34. The van der Waals surface area contributed by atoms with E-state index in [9.17, 15) is 14.4 Å². The van der Waals surface area contributed by atoms with Crippen molar-refractivity contribution in [2.24, 2.45) is 0 Å². The summed E-state index contributed by atoms with van der Waals surface area (Å²) in [5, 5.41) is 1.67. The predicted octanol–water partition coefficient (Wildman–Crippen LogP) is 2.56. The lowest BCUT2D eigenvalue weighted by Gasteiger charge is -2.18. The molecule has 0 N–H and O–H groups in total. The Morgan fingerprint density at radius 2 is 2.00 bits per heavy atom. The molecule has 5 rings (SSSR count). The molecule has 0 bridgehead atoms. The molecule has 0 spiro atoms.